The quantitative estimate of drug-likeness (QED) is 0.666. The lowest BCUT2D eigenvalue weighted by Gasteiger charge is -2.01. The molecule has 0 bridgehead atoms. The molecule has 0 unspecified atom stereocenters. The van der Waals surface area contributed by atoms with Crippen LogP contribution in [0.25, 0.3) is 17.0 Å². The van der Waals surface area contributed by atoms with E-state index in [2.05, 4.69) is 4.98 Å². The third-order valence-corrected chi connectivity index (χ3v) is 2.83. The Morgan fingerprint density at radius 1 is 1.10 bits per heavy atom. The van der Waals surface area contributed by atoms with E-state index in [1.165, 1.54) is 6.08 Å². The first kappa shape index (κ1) is 13.8. The Morgan fingerprint density at radius 3 is 2.48 bits per heavy atom. The van der Waals surface area contributed by atoms with E-state index in [1.54, 1.807) is 18.3 Å². The number of allylic oxidation sites excluding steroid dienone is 2. The van der Waals surface area contributed by atoms with Crippen molar-refractivity contribution in [1.29, 1.82) is 15.8 Å². The highest BCUT2D eigenvalue weighted by atomic mass is 14.6. The molecule has 1 aromatic carbocycles. The second-order valence-electron chi connectivity index (χ2n) is 4.14. The third kappa shape index (κ3) is 2.87. The van der Waals surface area contributed by atoms with E-state index in [4.69, 9.17) is 21.5 Å². The second-order valence-corrected chi connectivity index (χ2v) is 4.14. The fourth-order valence-corrected chi connectivity index (χ4v) is 1.78. The van der Waals surface area contributed by atoms with Gasteiger partial charge in [0.1, 0.15) is 18.2 Å². The zero-order chi connectivity index (χ0) is 15.2. The molecule has 0 aliphatic rings. The van der Waals surface area contributed by atoms with Crippen molar-refractivity contribution in [2.24, 2.45) is 5.73 Å². The number of hydrogen-bond donors (Lipinski definition) is 1. The number of benzene rings is 1. The first-order valence-electron chi connectivity index (χ1n) is 5.96. The van der Waals surface area contributed by atoms with Gasteiger partial charge in [-0.25, -0.2) is 0 Å². The first-order valence-corrected chi connectivity index (χ1v) is 5.96. The summed E-state index contributed by atoms with van der Waals surface area (Å²) in [5, 5.41) is 27.6. The Labute approximate surface area is 121 Å². The fraction of sp³-hybridized carbons (Fsp3) is 0. The highest BCUT2D eigenvalue weighted by molar-refractivity contribution is 5.81. The molecule has 0 saturated carbocycles. The van der Waals surface area contributed by atoms with Crippen LogP contribution in [0.2, 0.25) is 0 Å². The van der Waals surface area contributed by atoms with Gasteiger partial charge in [-0.1, -0.05) is 18.2 Å². The molecule has 1 heterocycles. The fourth-order valence-electron chi connectivity index (χ4n) is 1.78. The normalized spacial score (nSPS) is 10.2. The van der Waals surface area contributed by atoms with Crippen LogP contribution in [0.15, 0.2) is 53.4 Å². The predicted molar refractivity (Wildman–Crippen MR) is 77.8 cm³/mol. The topological polar surface area (TPSA) is 110 Å². The van der Waals surface area contributed by atoms with Gasteiger partial charge in [-0.15, -0.1) is 0 Å². The van der Waals surface area contributed by atoms with Gasteiger partial charge in [0, 0.05) is 11.6 Å². The number of fused-ring (bicyclic) bond motifs is 1. The van der Waals surface area contributed by atoms with Crippen molar-refractivity contribution in [2.75, 3.05) is 0 Å². The van der Waals surface area contributed by atoms with Crippen LogP contribution >= 0.6 is 0 Å². The maximum Gasteiger partial charge on any atom is 0.153 e. The molecule has 2 aromatic rings. The number of nitrogens with two attached hydrogens (primary N) is 1. The number of nitriles is 3. The van der Waals surface area contributed by atoms with Gasteiger partial charge in [0.2, 0.25) is 0 Å². The van der Waals surface area contributed by atoms with Gasteiger partial charge in [0.05, 0.1) is 16.8 Å². The molecule has 0 radical (unpaired) electrons. The van der Waals surface area contributed by atoms with Crippen molar-refractivity contribution >= 4 is 17.0 Å². The van der Waals surface area contributed by atoms with E-state index in [0.717, 1.165) is 10.9 Å². The summed E-state index contributed by atoms with van der Waals surface area (Å²) >= 11 is 0. The summed E-state index contributed by atoms with van der Waals surface area (Å²) in [6, 6.07) is 14.6. The summed E-state index contributed by atoms with van der Waals surface area (Å²) in [5.74, 6) is 0. The maximum atomic E-state index is 9.14. The average Bonchev–Trinajstić information content (AvgIpc) is 2.53. The number of hydrogen-bond acceptors (Lipinski definition) is 5. The summed E-state index contributed by atoms with van der Waals surface area (Å²) in [6.07, 6.45) is 3.11. The second kappa shape index (κ2) is 6.02. The standard InChI is InChI=1S/C16H9N5/c17-7-13(16(20)14(8-18)9-19)6-11-5-12-3-1-2-4-15(12)21-10-11/h1-6,10H,20H2/b13-6-. The smallest absolute Gasteiger partial charge is 0.153 e. The minimum atomic E-state index is -0.281. The lowest BCUT2D eigenvalue weighted by molar-refractivity contribution is 1.30. The molecule has 2 rings (SSSR count). The van der Waals surface area contributed by atoms with Gasteiger partial charge in [-0.3, -0.25) is 4.98 Å². The van der Waals surface area contributed by atoms with Crippen LogP contribution in [-0.4, -0.2) is 4.98 Å². The van der Waals surface area contributed by atoms with Crippen molar-refractivity contribution in [3.63, 3.8) is 0 Å². The number of pyridine rings is 1. The van der Waals surface area contributed by atoms with Gasteiger partial charge < -0.3 is 5.73 Å². The minimum absolute atomic E-state index is 0.0604. The summed E-state index contributed by atoms with van der Waals surface area (Å²) < 4.78 is 0. The molecular formula is C16H9N5. The van der Waals surface area contributed by atoms with Crippen molar-refractivity contribution in [2.45, 2.75) is 0 Å². The van der Waals surface area contributed by atoms with Crippen LogP contribution in [0.1, 0.15) is 5.56 Å². The molecule has 5 nitrogen and oxygen atoms in total. The average molecular weight is 271 g/mol. The van der Waals surface area contributed by atoms with Crippen molar-refractivity contribution in [1.82, 2.24) is 4.98 Å². The minimum Gasteiger partial charge on any atom is -0.396 e. The molecule has 0 atom stereocenters. The Balaban J connectivity index is 2.54. The SMILES string of the molecule is N#CC(C#N)=C(N)/C(C#N)=C\c1cnc2ccccc2c1. The van der Waals surface area contributed by atoms with Crippen LogP contribution in [-0.2, 0) is 0 Å². The maximum absolute atomic E-state index is 9.14. The number of rotatable bonds is 2. The molecule has 2 N–H and O–H groups in total. The van der Waals surface area contributed by atoms with Gasteiger partial charge in [0.25, 0.3) is 0 Å². The summed E-state index contributed by atoms with van der Waals surface area (Å²) in [7, 11) is 0. The van der Waals surface area contributed by atoms with Crippen LogP contribution in [0.4, 0.5) is 0 Å². The molecule has 0 amide bonds. The Morgan fingerprint density at radius 2 is 1.81 bits per heavy atom. The molecule has 1 aromatic heterocycles. The van der Waals surface area contributed by atoms with Crippen molar-refractivity contribution in [3.05, 3.63) is 58.9 Å². The van der Waals surface area contributed by atoms with E-state index in [0.29, 0.717) is 5.56 Å². The molecule has 21 heavy (non-hydrogen) atoms. The predicted octanol–water partition coefficient (Wildman–Crippen LogP) is 2.40. The number of nitrogens with zero attached hydrogens (tertiary/aromatic N) is 4. The molecule has 0 spiro atoms. The van der Waals surface area contributed by atoms with E-state index < -0.39 is 0 Å². The Kier molecular flexibility index (Phi) is 3.95. The van der Waals surface area contributed by atoms with E-state index in [-0.39, 0.29) is 16.8 Å². The lowest BCUT2D eigenvalue weighted by Crippen LogP contribution is -2.03. The van der Waals surface area contributed by atoms with Crippen LogP contribution in [0.5, 0.6) is 0 Å². The monoisotopic (exact) mass is 271 g/mol. The molecular weight excluding hydrogens is 262 g/mol. The van der Waals surface area contributed by atoms with E-state index >= 15 is 0 Å². The largest absolute Gasteiger partial charge is 0.396 e. The zero-order valence-electron chi connectivity index (χ0n) is 10.9. The molecule has 0 saturated heterocycles. The first-order chi connectivity index (χ1) is 10.2. The lowest BCUT2D eigenvalue weighted by atomic mass is 10.1. The van der Waals surface area contributed by atoms with Crippen molar-refractivity contribution < 1.29 is 0 Å². The van der Waals surface area contributed by atoms with Gasteiger partial charge in [-0.05, 0) is 23.8 Å². The van der Waals surface area contributed by atoms with Crippen LogP contribution in [0.3, 0.4) is 0 Å². The summed E-state index contributed by atoms with van der Waals surface area (Å²) in [4.78, 5) is 4.27. The van der Waals surface area contributed by atoms with E-state index in [1.807, 2.05) is 36.4 Å². The number of aromatic nitrogens is 1. The molecule has 5 heteroatoms. The van der Waals surface area contributed by atoms with E-state index in [9.17, 15) is 0 Å². The summed E-state index contributed by atoms with van der Waals surface area (Å²) in [6.45, 7) is 0. The Bertz CT molecular complexity index is 869. The molecule has 0 aliphatic carbocycles. The highest BCUT2D eigenvalue weighted by Gasteiger charge is 2.08. The summed E-state index contributed by atoms with van der Waals surface area (Å²) in [5.41, 5.74) is 6.84. The highest BCUT2D eigenvalue weighted by Crippen LogP contribution is 2.17. The van der Waals surface area contributed by atoms with Crippen LogP contribution < -0.4 is 5.73 Å². The number of para-hydroxylation sites is 1. The molecule has 0 fully saturated rings. The van der Waals surface area contributed by atoms with Gasteiger partial charge >= 0.3 is 0 Å². The van der Waals surface area contributed by atoms with Gasteiger partial charge in [-0.2, -0.15) is 15.8 Å². The van der Waals surface area contributed by atoms with Crippen molar-refractivity contribution in [3.8, 4) is 18.2 Å². The molecule has 98 valence electrons. The third-order valence-electron chi connectivity index (χ3n) is 2.83. The van der Waals surface area contributed by atoms with Gasteiger partial charge in [0.15, 0.2) is 5.57 Å². The zero-order valence-corrected chi connectivity index (χ0v) is 10.9. The Hall–Kier alpha value is -3.62. The van der Waals surface area contributed by atoms with Crippen LogP contribution in [0, 0.1) is 34.0 Å². The molecule has 0 aliphatic heterocycles.